The average molecular weight is 284 g/mol. The van der Waals surface area contributed by atoms with Crippen molar-refractivity contribution in [3.63, 3.8) is 0 Å². The Kier molecular flexibility index (Phi) is 3.99. The molecule has 1 aliphatic rings. The lowest BCUT2D eigenvalue weighted by molar-refractivity contribution is 0.459. The minimum Gasteiger partial charge on any atom is -0.353 e. The number of rotatable bonds is 3. The monoisotopic (exact) mass is 284 g/mol. The zero-order valence-corrected chi connectivity index (χ0v) is 12.2. The van der Waals surface area contributed by atoms with Crippen molar-refractivity contribution in [3.05, 3.63) is 40.9 Å². The maximum absolute atomic E-state index is 12.1. The van der Waals surface area contributed by atoms with Crippen LogP contribution in [0.4, 0.5) is 5.95 Å². The van der Waals surface area contributed by atoms with E-state index in [9.17, 15) is 4.79 Å². The lowest BCUT2D eigenvalue weighted by Gasteiger charge is -2.24. The van der Waals surface area contributed by atoms with Crippen LogP contribution in [-0.2, 0) is 7.05 Å². The molecule has 2 aromatic heterocycles. The molecule has 0 aromatic carbocycles. The second kappa shape index (κ2) is 6.08. The number of nitrogens with zero attached hydrogens (tertiary/aromatic N) is 3. The van der Waals surface area contributed by atoms with Gasteiger partial charge in [-0.25, -0.2) is 4.98 Å². The molecule has 2 heterocycles. The zero-order chi connectivity index (χ0) is 14.7. The minimum absolute atomic E-state index is 0.0462. The zero-order valence-electron chi connectivity index (χ0n) is 12.2. The Labute approximate surface area is 124 Å². The third kappa shape index (κ3) is 3.12. The summed E-state index contributed by atoms with van der Waals surface area (Å²) in [5, 5.41) is 3.44. The summed E-state index contributed by atoms with van der Waals surface area (Å²) in [4.78, 5) is 20.8. The van der Waals surface area contributed by atoms with Crippen LogP contribution >= 0.6 is 0 Å². The number of pyridine rings is 1. The van der Waals surface area contributed by atoms with Crippen LogP contribution in [0.5, 0.6) is 0 Å². The van der Waals surface area contributed by atoms with Crippen molar-refractivity contribution < 1.29 is 0 Å². The molecule has 1 N–H and O–H groups in total. The Morgan fingerprint density at radius 3 is 2.62 bits per heavy atom. The van der Waals surface area contributed by atoms with E-state index in [0.717, 1.165) is 18.4 Å². The van der Waals surface area contributed by atoms with Crippen LogP contribution in [0.2, 0.25) is 0 Å². The van der Waals surface area contributed by atoms with Gasteiger partial charge in [0.15, 0.2) is 0 Å². The molecule has 1 fully saturated rings. The average Bonchev–Trinajstić information content (AvgIpc) is 2.53. The van der Waals surface area contributed by atoms with Gasteiger partial charge in [-0.15, -0.1) is 0 Å². The van der Waals surface area contributed by atoms with Crippen LogP contribution in [0.25, 0.3) is 11.3 Å². The molecule has 0 unspecified atom stereocenters. The quantitative estimate of drug-likeness (QED) is 0.941. The first-order valence-corrected chi connectivity index (χ1v) is 7.49. The minimum atomic E-state index is -0.0462. The molecule has 0 amide bonds. The highest BCUT2D eigenvalue weighted by Gasteiger charge is 2.16. The van der Waals surface area contributed by atoms with Gasteiger partial charge in [0.2, 0.25) is 5.95 Å². The van der Waals surface area contributed by atoms with Crippen LogP contribution in [0, 0.1) is 0 Å². The Morgan fingerprint density at radius 2 is 1.90 bits per heavy atom. The van der Waals surface area contributed by atoms with Crippen molar-refractivity contribution in [1.82, 2.24) is 14.5 Å². The summed E-state index contributed by atoms with van der Waals surface area (Å²) in [6, 6.07) is 5.73. The lowest BCUT2D eigenvalue weighted by atomic mass is 9.96. The van der Waals surface area contributed by atoms with Crippen molar-refractivity contribution >= 4 is 5.95 Å². The summed E-state index contributed by atoms with van der Waals surface area (Å²) in [5.41, 5.74) is 1.56. The van der Waals surface area contributed by atoms with Gasteiger partial charge in [0.1, 0.15) is 0 Å². The maximum atomic E-state index is 12.1. The molecule has 0 aliphatic heterocycles. The predicted molar refractivity (Wildman–Crippen MR) is 83.2 cm³/mol. The van der Waals surface area contributed by atoms with Crippen molar-refractivity contribution in [2.75, 3.05) is 5.32 Å². The van der Waals surface area contributed by atoms with Gasteiger partial charge in [-0.3, -0.25) is 14.3 Å². The summed E-state index contributed by atoms with van der Waals surface area (Å²) in [5.74, 6) is 0.654. The Morgan fingerprint density at radius 1 is 1.19 bits per heavy atom. The number of hydrogen-bond acceptors (Lipinski definition) is 4. The van der Waals surface area contributed by atoms with Gasteiger partial charge in [-0.05, 0) is 25.0 Å². The summed E-state index contributed by atoms with van der Waals surface area (Å²) in [6.45, 7) is 0. The Hall–Kier alpha value is -2.17. The summed E-state index contributed by atoms with van der Waals surface area (Å²) >= 11 is 0. The third-order valence-electron chi connectivity index (χ3n) is 4.05. The fourth-order valence-corrected chi connectivity index (χ4v) is 2.77. The fourth-order valence-electron chi connectivity index (χ4n) is 2.77. The number of nitrogens with one attached hydrogen (secondary N) is 1. The van der Waals surface area contributed by atoms with Crippen molar-refractivity contribution in [2.24, 2.45) is 7.05 Å². The van der Waals surface area contributed by atoms with E-state index in [1.807, 2.05) is 12.1 Å². The molecule has 110 valence electrons. The second-order valence-corrected chi connectivity index (χ2v) is 5.58. The summed E-state index contributed by atoms with van der Waals surface area (Å²) in [7, 11) is 1.76. The summed E-state index contributed by atoms with van der Waals surface area (Å²) in [6.07, 6.45) is 9.52. The predicted octanol–water partition coefficient (Wildman–Crippen LogP) is 2.59. The second-order valence-electron chi connectivity index (χ2n) is 5.58. The molecule has 3 rings (SSSR count). The van der Waals surface area contributed by atoms with E-state index in [1.54, 1.807) is 30.1 Å². The van der Waals surface area contributed by atoms with Gasteiger partial charge in [-0.2, -0.15) is 0 Å². The van der Waals surface area contributed by atoms with E-state index >= 15 is 0 Å². The Balaban J connectivity index is 1.92. The molecule has 0 radical (unpaired) electrons. The molecular weight excluding hydrogens is 264 g/mol. The van der Waals surface area contributed by atoms with Crippen LogP contribution in [0.15, 0.2) is 35.4 Å². The molecule has 1 saturated carbocycles. The van der Waals surface area contributed by atoms with Crippen molar-refractivity contribution in [1.29, 1.82) is 0 Å². The SMILES string of the molecule is Cn1c(NC2CCCCC2)nc(-c2ccncc2)cc1=O. The number of aromatic nitrogens is 3. The molecule has 1 aliphatic carbocycles. The number of anilines is 1. The molecule has 5 heteroatoms. The van der Waals surface area contributed by atoms with Crippen LogP contribution < -0.4 is 10.9 Å². The highest BCUT2D eigenvalue weighted by atomic mass is 16.1. The highest BCUT2D eigenvalue weighted by Crippen LogP contribution is 2.21. The third-order valence-corrected chi connectivity index (χ3v) is 4.05. The van der Waals surface area contributed by atoms with Crippen LogP contribution in [-0.4, -0.2) is 20.6 Å². The molecule has 21 heavy (non-hydrogen) atoms. The standard InChI is InChI=1S/C16H20N4O/c1-20-15(21)11-14(12-7-9-17-10-8-12)19-16(20)18-13-5-3-2-4-6-13/h7-11,13H,2-6H2,1H3,(H,18,19). The molecule has 0 spiro atoms. The smallest absolute Gasteiger partial charge is 0.255 e. The normalized spacial score (nSPS) is 15.9. The Bertz CT molecular complexity index is 660. The van der Waals surface area contributed by atoms with Crippen LogP contribution in [0.3, 0.4) is 0 Å². The van der Waals surface area contributed by atoms with Gasteiger partial charge >= 0.3 is 0 Å². The first-order chi connectivity index (χ1) is 10.2. The van der Waals surface area contributed by atoms with E-state index in [-0.39, 0.29) is 5.56 Å². The molecule has 0 atom stereocenters. The molecule has 0 bridgehead atoms. The van der Waals surface area contributed by atoms with Gasteiger partial charge < -0.3 is 5.32 Å². The molecular formula is C16H20N4O. The van der Waals surface area contributed by atoms with E-state index in [1.165, 1.54) is 19.3 Å². The fraction of sp³-hybridized carbons (Fsp3) is 0.438. The highest BCUT2D eigenvalue weighted by molar-refractivity contribution is 5.59. The van der Waals surface area contributed by atoms with E-state index in [2.05, 4.69) is 15.3 Å². The van der Waals surface area contributed by atoms with Crippen LogP contribution in [0.1, 0.15) is 32.1 Å². The summed E-state index contributed by atoms with van der Waals surface area (Å²) < 4.78 is 1.58. The van der Waals surface area contributed by atoms with E-state index in [4.69, 9.17) is 0 Å². The van der Waals surface area contributed by atoms with Crippen molar-refractivity contribution in [2.45, 2.75) is 38.1 Å². The molecule has 5 nitrogen and oxygen atoms in total. The van der Waals surface area contributed by atoms with Gasteiger partial charge in [0, 0.05) is 37.1 Å². The molecule has 2 aromatic rings. The topological polar surface area (TPSA) is 59.8 Å². The van der Waals surface area contributed by atoms with Gasteiger partial charge in [-0.1, -0.05) is 19.3 Å². The van der Waals surface area contributed by atoms with E-state index < -0.39 is 0 Å². The molecule has 0 saturated heterocycles. The first-order valence-electron chi connectivity index (χ1n) is 7.49. The van der Waals surface area contributed by atoms with E-state index in [0.29, 0.717) is 17.7 Å². The van der Waals surface area contributed by atoms with Gasteiger partial charge in [0.25, 0.3) is 5.56 Å². The van der Waals surface area contributed by atoms with Crippen molar-refractivity contribution in [3.8, 4) is 11.3 Å². The lowest BCUT2D eigenvalue weighted by Crippen LogP contribution is -2.28. The number of hydrogen-bond donors (Lipinski definition) is 1. The first kappa shape index (κ1) is 13.8. The maximum Gasteiger partial charge on any atom is 0.255 e. The largest absolute Gasteiger partial charge is 0.353 e. The van der Waals surface area contributed by atoms with Gasteiger partial charge in [0.05, 0.1) is 5.69 Å².